The van der Waals surface area contributed by atoms with Crippen LogP contribution >= 0.6 is 0 Å². The van der Waals surface area contributed by atoms with Gasteiger partial charge in [-0.3, -0.25) is 4.79 Å². The van der Waals surface area contributed by atoms with E-state index in [1.54, 1.807) is 0 Å². The maximum Gasteiger partial charge on any atom is 0.409 e. The molecule has 1 amide bonds. The summed E-state index contributed by atoms with van der Waals surface area (Å²) in [5, 5.41) is 1.49. The molecule has 0 saturated heterocycles. The second kappa shape index (κ2) is 4.94. The van der Waals surface area contributed by atoms with Gasteiger partial charge in [-0.1, -0.05) is 0 Å². The zero-order valence-electron chi connectivity index (χ0n) is 9.01. The number of anilines is 2. The van der Waals surface area contributed by atoms with Gasteiger partial charge in [-0.05, 0) is 12.1 Å². The molecule has 0 aliphatic heterocycles. The summed E-state index contributed by atoms with van der Waals surface area (Å²) in [6.07, 6.45) is -10.6. The SMILES string of the molecule is Nc1ccc(NC(=O)C(C(F)(F)F)C(F)(F)F)cn1. The topological polar surface area (TPSA) is 68.0 Å². The van der Waals surface area contributed by atoms with Gasteiger partial charge in [-0.2, -0.15) is 26.3 Å². The zero-order chi connectivity index (χ0) is 14.8. The molecule has 0 aliphatic rings. The van der Waals surface area contributed by atoms with Crippen molar-refractivity contribution in [2.75, 3.05) is 11.1 Å². The minimum atomic E-state index is -5.73. The van der Waals surface area contributed by atoms with Gasteiger partial charge in [0, 0.05) is 0 Å². The van der Waals surface area contributed by atoms with E-state index >= 15 is 0 Å². The minimum absolute atomic E-state index is 0.00110. The van der Waals surface area contributed by atoms with Crippen LogP contribution in [-0.2, 0) is 4.79 Å². The molecular formula is C9H7F6N3O. The molecule has 3 N–H and O–H groups in total. The Labute approximate surface area is 102 Å². The third-order valence-electron chi connectivity index (χ3n) is 1.97. The monoisotopic (exact) mass is 287 g/mol. The van der Waals surface area contributed by atoms with Crippen molar-refractivity contribution in [2.45, 2.75) is 12.4 Å². The lowest BCUT2D eigenvalue weighted by Crippen LogP contribution is -2.45. The lowest BCUT2D eigenvalue weighted by molar-refractivity contribution is -0.272. The van der Waals surface area contributed by atoms with Gasteiger partial charge < -0.3 is 11.1 Å². The molecule has 0 saturated carbocycles. The van der Waals surface area contributed by atoms with E-state index in [4.69, 9.17) is 5.73 Å². The van der Waals surface area contributed by atoms with Gasteiger partial charge in [0.15, 0.2) is 0 Å². The fourth-order valence-corrected chi connectivity index (χ4v) is 1.18. The number of hydrogen-bond acceptors (Lipinski definition) is 3. The van der Waals surface area contributed by atoms with Crippen molar-refractivity contribution in [3.63, 3.8) is 0 Å². The van der Waals surface area contributed by atoms with E-state index in [0.29, 0.717) is 0 Å². The maximum atomic E-state index is 12.2. The highest BCUT2D eigenvalue weighted by Gasteiger charge is 2.61. The molecule has 0 aromatic carbocycles. The molecule has 0 atom stereocenters. The van der Waals surface area contributed by atoms with Crippen molar-refractivity contribution in [1.29, 1.82) is 0 Å². The number of nitrogens with one attached hydrogen (secondary N) is 1. The second-order valence-electron chi connectivity index (χ2n) is 3.48. The molecule has 1 rings (SSSR count). The number of rotatable bonds is 2. The summed E-state index contributed by atoms with van der Waals surface area (Å²) in [4.78, 5) is 14.5. The Morgan fingerprint density at radius 1 is 1.16 bits per heavy atom. The maximum absolute atomic E-state index is 12.2. The standard InChI is InChI=1S/C9H7F6N3O/c10-8(11,12)6(9(13,14)15)7(19)18-4-1-2-5(16)17-3-4/h1-3,6H,(H2,16,17)(H,18,19). The Bertz CT molecular complexity index is 439. The minimum Gasteiger partial charge on any atom is -0.384 e. The quantitative estimate of drug-likeness (QED) is 0.820. The Hall–Kier alpha value is -2.00. The highest BCUT2D eigenvalue weighted by atomic mass is 19.4. The first-order valence-electron chi connectivity index (χ1n) is 4.67. The fourth-order valence-electron chi connectivity index (χ4n) is 1.18. The van der Waals surface area contributed by atoms with Gasteiger partial charge in [-0.25, -0.2) is 4.98 Å². The molecule has 0 fully saturated rings. The summed E-state index contributed by atoms with van der Waals surface area (Å²) in [6, 6.07) is 2.15. The Balaban J connectivity index is 2.93. The number of nitrogens with two attached hydrogens (primary N) is 1. The van der Waals surface area contributed by atoms with Crippen molar-refractivity contribution >= 4 is 17.4 Å². The first-order chi connectivity index (χ1) is 8.51. The number of aromatic nitrogens is 1. The first kappa shape index (κ1) is 15.1. The summed E-state index contributed by atoms with van der Waals surface area (Å²) < 4.78 is 73.3. The molecule has 0 spiro atoms. The van der Waals surface area contributed by atoms with Gasteiger partial charge in [0.25, 0.3) is 0 Å². The van der Waals surface area contributed by atoms with Crippen LogP contribution in [0.4, 0.5) is 37.8 Å². The van der Waals surface area contributed by atoms with E-state index in [0.717, 1.165) is 18.3 Å². The van der Waals surface area contributed by atoms with Crippen LogP contribution in [0.25, 0.3) is 0 Å². The molecule has 1 aromatic heterocycles. The van der Waals surface area contributed by atoms with Crippen LogP contribution in [-0.4, -0.2) is 23.2 Å². The average Bonchev–Trinajstić information content (AvgIpc) is 2.16. The predicted molar refractivity (Wildman–Crippen MR) is 52.9 cm³/mol. The number of pyridine rings is 1. The average molecular weight is 287 g/mol. The van der Waals surface area contributed by atoms with Crippen LogP contribution in [0.5, 0.6) is 0 Å². The lowest BCUT2D eigenvalue weighted by Gasteiger charge is -2.21. The fraction of sp³-hybridized carbons (Fsp3) is 0.333. The predicted octanol–water partition coefficient (Wildman–Crippen LogP) is 2.34. The summed E-state index contributed by atoms with van der Waals surface area (Å²) in [7, 11) is 0. The van der Waals surface area contributed by atoms with Crippen LogP contribution in [0.15, 0.2) is 18.3 Å². The van der Waals surface area contributed by atoms with Crippen molar-refractivity contribution in [1.82, 2.24) is 4.98 Å². The number of halogens is 6. The summed E-state index contributed by atoms with van der Waals surface area (Å²) in [5.74, 6) is -6.33. The summed E-state index contributed by atoms with van der Waals surface area (Å²) in [6.45, 7) is 0. The van der Waals surface area contributed by atoms with Gasteiger partial charge in [0.2, 0.25) is 11.8 Å². The summed E-state index contributed by atoms with van der Waals surface area (Å²) in [5.41, 5.74) is 4.85. The van der Waals surface area contributed by atoms with Gasteiger partial charge >= 0.3 is 12.4 Å². The van der Waals surface area contributed by atoms with Gasteiger partial charge in [0.05, 0.1) is 11.9 Å². The molecule has 106 valence electrons. The molecule has 10 heteroatoms. The van der Waals surface area contributed by atoms with Crippen LogP contribution in [0.2, 0.25) is 0 Å². The highest BCUT2D eigenvalue weighted by molar-refractivity contribution is 5.93. The third-order valence-corrected chi connectivity index (χ3v) is 1.97. The smallest absolute Gasteiger partial charge is 0.384 e. The van der Waals surface area contributed by atoms with E-state index < -0.39 is 24.2 Å². The van der Waals surface area contributed by atoms with Crippen molar-refractivity contribution in [2.24, 2.45) is 5.92 Å². The van der Waals surface area contributed by atoms with Crippen LogP contribution < -0.4 is 11.1 Å². The molecule has 0 aliphatic carbocycles. The van der Waals surface area contributed by atoms with Crippen LogP contribution in [0, 0.1) is 5.92 Å². The Morgan fingerprint density at radius 3 is 2.05 bits per heavy atom. The molecular weight excluding hydrogens is 280 g/mol. The number of hydrogen-bond donors (Lipinski definition) is 2. The van der Waals surface area contributed by atoms with Crippen molar-refractivity contribution in [3.05, 3.63) is 18.3 Å². The molecule has 0 unspecified atom stereocenters. The number of nitrogen functional groups attached to an aromatic ring is 1. The number of carbonyl (C=O) groups is 1. The normalized spacial score (nSPS) is 12.6. The first-order valence-corrected chi connectivity index (χ1v) is 4.67. The molecule has 19 heavy (non-hydrogen) atoms. The molecule has 1 aromatic rings. The molecule has 0 radical (unpaired) electrons. The van der Waals surface area contributed by atoms with Crippen LogP contribution in [0.3, 0.4) is 0 Å². The second-order valence-corrected chi connectivity index (χ2v) is 3.48. The van der Waals surface area contributed by atoms with Crippen LogP contribution in [0.1, 0.15) is 0 Å². The van der Waals surface area contributed by atoms with Crippen molar-refractivity contribution in [3.8, 4) is 0 Å². The largest absolute Gasteiger partial charge is 0.409 e. The number of nitrogens with zero attached hydrogens (tertiary/aromatic N) is 1. The number of carbonyl (C=O) groups excluding carboxylic acids is 1. The Morgan fingerprint density at radius 2 is 1.68 bits per heavy atom. The molecule has 4 nitrogen and oxygen atoms in total. The number of amides is 1. The lowest BCUT2D eigenvalue weighted by atomic mass is 10.1. The highest BCUT2D eigenvalue weighted by Crippen LogP contribution is 2.39. The van der Waals surface area contributed by atoms with Gasteiger partial charge in [0.1, 0.15) is 5.82 Å². The summed E-state index contributed by atoms with van der Waals surface area (Å²) >= 11 is 0. The van der Waals surface area contributed by atoms with Gasteiger partial charge in [-0.15, -0.1) is 0 Å². The van der Waals surface area contributed by atoms with Crippen molar-refractivity contribution < 1.29 is 31.1 Å². The third kappa shape index (κ3) is 4.00. The van der Waals surface area contributed by atoms with E-state index in [-0.39, 0.29) is 11.5 Å². The van der Waals surface area contributed by atoms with E-state index in [1.165, 1.54) is 5.32 Å². The molecule has 0 bridgehead atoms. The molecule has 1 heterocycles. The van der Waals surface area contributed by atoms with E-state index in [2.05, 4.69) is 4.98 Å². The Kier molecular flexibility index (Phi) is 3.91. The van der Waals surface area contributed by atoms with E-state index in [9.17, 15) is 31.1 Å². The number of alkyl halides is 6. The zero-order valence-corrected chi connectivity index (χ0v) is 9.01. The van der Waals surface area contributed by atoms with E-state index in [1.807, 2.05) is 0 Å².